The van der Waals surface area contributed by atoms with Gasteiger partial charge in [0.05, 0.1) is 11.3 Å². The summed E-state index contributed by atoms with van der Waals surface area (Å²) in [7, 11) is 0. The number of anilines is 1. The van der Waals surface area contributed by atoms with Crippen LogP contribution in [0.4, 0.5) is 5.69 Å². The van der Waals surface area contributed by atoms with E-state index in [0.29, 0.717) is 5.69 Å². The summed E-state index contributed by atoms with van der Waals surface area (Å²) in [6.45, 7) is -0.289. The van der Waals surface area contributed by atoms with Crippen LogP contribution in [0.3, 0.4) is 0 Å². The fraction of sp³-hybridized carbons (Fsp3) is 0.111. The lowest BCUT2D eigenvalue weighted by Crippen LogP contribution is -2.48. The fourth-order valence-electron chi connectivity index (χ4n) is 1.07. The molecule has 0 aromatic carbocycles. The second kappa shape index (κ2) is 4.87. The number of amides is 1. The highest BCUT2D eigenvalue weighted by Crippen LogP contribution is 2.12. The molecule has 0 aliphatic heterocycles. The number of nitrogens with zero attached hydrogens (tertiary/aromatic N) is 1. The highest BCUT2D eigenvalue weighted by atomic mass is 16.4. The van der Waals surface area contributed by atoms with Gasteiger partial charge in [0.15, 0.2) is 0 Å². The Morgan fingerprint density at radius 2 is 2.25 bits per heavy atom. The second-order valence-electron chi connectivity index (χ2n) is 2.95. The number of hydrogen-bond donors (Lipinski definition) is 4. The molecule has 0 radical (unpaired) electrons. The Kier molecular flexibility index (Phi) is 3.54. The lowest BCUT2D eigenvalue weighted by molar-refractivity contribution is -0.135. The summed E-state index contributed by atoms with van der Waals surface area (Å²) in [5.41, 5.74) is 5.54. The molecule has 0 fully saturated rings. The van der Waals surface area contributed by atoms with Gasteiger partial charge in [-0.05, 0) is 6.07 Å². The van der Waals surface area contributed by atoms with E-state index in [1.165, 1.54) is 18.5 Å². The highest BCUT2D eigenvalue weighted by molar-refractivity contribution is 6.43. The third kappa shape index (κ3) is 2.77. The number of carbonyl (C=O) groups is 2. The Hall–Kier alpha value is -2.44. The molecule has 7 nitrogen and oxygen atoms in total. The largest absolute Gasteiger partial charge is 0.480 e. The minimum Gasteiger partial charge on any atom is -0.480 e. The summed E-state index contributed by atoms with van der Waals surface area (Å²) < 4.78 is 0. The van der Waals surface area contributed by atoms with Crippen molar-refractivity contribution in [3.05, 3.63) is 24.0 Å². The molecule has 0 unspecified atom stereocenters. The van der Waals surface area contributed by atoms with Crippen LogP contribution in [0.5, 0.6) is 0 Å². The molecule has 16 heavy (non-hydrogen) atoms. The number of pyridine rings is 1. The molecule has 7 heteroatoms. The van der Waals surface area contributed by atoms with Gasteiger partial charge in [-0.1, -0.05) is 0 Å². The zero-order valence-corrected chi connectivity index (χ0v) is 8.30. The molecule has 0 aliphatic carbocycles. The predicted molar refractivity (Wildman–Crippen MR) is 55.6 cm³/mol. The molecule has 0 saturated heterocycles. The molecule has 1 rings (SSSR count). The van der Waals surface area contributed by atoms with Crippen LogP contribution >= 0.6 is 0 Å². The van der Waals surface area contributed by atoms with Gasteiger partial charge in [0, 0.05) is 12.4 Å². The van der Waals surface area contributed by atoms with Gasteiger partial charge in [-0.15, -0.1) is 0 Å². The van der Waals surface area contributed by atoms with Gasteiger partial charge < -0.3 is 16.2 Å². The van der Waals surface area contributed by atoms with Crippen molar-refractivity contribution in [3.8, 4) is 0 Å². The Balaban J connectivity index is 2.96. The molecular weight excluding hydrogens is 212 g/mol. The molecule has 6 N–H and O–H groups in total. The quantitative estimate of drug-likeness (QED) is 0.414. The van der Waals surface area contributed by atoms with Gasteiger partial charge in [0.2, 0.25) is 0 Å². The topological polar surface area (TPSA) is 131 Å². The first-order chi connectivity index (χ1) is 7.52. The molecule has 0 saturated carbocycles. The average molecular weight is 223 g/mol. The minimum atomic E-state index is -1.03. The van der Waals surface area contributed by atoms with E-state index in [0.717, 1.165) is 0 Å². The van der Waals surface area contributed by atoms with E-state index in [2.05, 4.69) is 10.3 Å². The monoisotopic (exact) mass is 223 g/mol. The van der Waals surface area contributed by atoms with Crippen molar-refractivity contribution in [2.24, 2.45) is 5.73 Å². The molecule has 1 amide bonds. The van der Waals surface area contributed by atoms with Crippen LogP contribution in [0, 0.1) is 0 Å². The fourth-order valence-corrected chi connectivity index (χ4v) is 1.07. The third-order valence-electron chi connectivity index (χ3n) is 1.81. The van der Waals surface area contributed by atoms with Crippen LogP contribution in [-0.4, -0.2) is 34.2 Å². The number of hydrogen-bond acceptors (Lipinski definition) is 4. The number of primary amides is 1. The molecule has 1 aromatic heterocycles. The van der Waals surface area contributed by atoms with Crippen molar-refractivity contribution in [2.75, 3.05) is 11.9 Å². The van der Waals surface area contributed by atoms with E-state index >= 15 is 0 Å². The van der Waals surface area contributed by atoms with Gasteiger partial charge in [0.1, 0.15) is 6.54 Å². The number of carbonyl (C=O) groups excluding carboxylic acids is 1. The zero-order valence-electron chi connectivity index (χ0n) is 8.30. The first-order valence-corrected chi connectivity index (χ1v) is 4.34. The SMILES string of the molecule is NC(=O)C(=[NH2+])c1cnccc1NCC(=O)O. The number of aliphatic carboxylic acids is 1. The van der Waals surface area contributed by atoms with Crippen LogP contribution < -0.4 is 16.5 Å². The van der Waals surface area contributed by atoms with Gasteiger partial charge in [-0.25, -0.2) is 5.41 Å². The summed E-state index contributed by atoms with van der Waals surface area (Å²) in [4.78, 5) is 25.0. The summed E-state index contributed by atoms with van der Waals surface area (Å²) >= 11 is 0. The van der Waals surface area contributed by atoms with Crippen LogP contribution in [0.2, 0.25) is 0 Å². The van der Waals surface area contributed by atoms with E-state index in [9.17, 15) is 9.59 Å². The molecule has 0 aliphatic rings. The molecule has 0 bridgehead atoms. The van der Waals surface area contributed by atoms with E-state index in [1.54, 1.807) is 0 Å². The number of carboxylic acids is 1. The third-order valence-corrected chi connectivity index (χ3v) is 1.81. The molecule has 0 atom stereocenters. The average Bonchev–Trinajstić information content (AvgIpc) is 2.25. The normalized spacial score (nSPS) is 9.50. The van der Waals surface area contributed by atoms with E-state index in [1.807, 2.05) is 0 Å². The maximum atomic E-state index is 10.9. The van der Waals surface area contributed by atoms with Crippen LogP contribution in [0.1, 0.15) is 5.56 Å². The van der Waals surface area contributed by atoms with Crippen molar-refractivity contribution >= 4 is 23.3 Å². The molecule has 1 aromatic rings. The zero-order chi connectivity index (χ0) is 12.1. The Labute approximate surface area is 90.8 Å². The first-order valence-electron chi connectivity index (χ1n) is 4.34. The van der Waals surface area contributed by atoms with Crippen molar-refractivity contribution in [2.45, 2.75) is 0 Å². The highest BCUT2D eigenvalue weighted by Gasteiger charge is 2.18. The standard InChI is InChI=1S/C9H10N4O3/c10-8(9(11)16)5-3-12-2-1-6(5)13-4-7(14)15/h1-3,10H,4H2,(H2,11,16)(H,12,13)(H,14,15)/p+1. The number of aromatic nitrogens is 1. The summed E-state index contributed by atoms with van der Waals surface area (Å²) in [6, 6.07) is 1.51. The maximum Gasteiger partial charge on any atom is 0.322 e. The number of rotatable bonds is 5. The lowest BCUT2D eigenvalue weighted by atomic mass is 10.1. The van der Waals surface area contributed by atoms with Gasteiger partial charge in [-0.3, -0.25) is 14.6 Å². The number of nitrogens with two attached hydrogens (primary N) is 2. The predicted octanol–water partition coefficient (Wildman–Crippen LogP) is -2.39. The number of nitrogens with one attached hydrogen (secondary N) is 1. The molecule has 1 heterocycles. The van der Waals surface area contributed by atoms with Crippen LogP contribution in [0.15, 0.2) is 18.5 Å². The van der Waals surface area contributed by atoms with E-state index in [4.69, 9.17) is 16.2 Å². The molecule has 84 valence electrons. The lowest BCUT2D eigenvalue weighted by Gasteiger charge is -2.06. The number of carboxylic acid groups (broad SMARTS) is 1. The smallest absolute Gasteiger partial charge is 0.322 e. The second-order valence-corrected chi connectivity index (χ2v) is 2.95. The van der Waals surface area contributed by atoms with Crippen molar-refractivity contribution in [1.82, 2.24) is 4.98 Å². The Bertz CT molecular complexity index is 444. The van der Waals surface area contributed by atoms with Crippen LogP contribution in [-0.2, 0) is 9.59 Å². The summed E-state index contributed by atoms with van der Waals surface area (Å²) in [6.07, 6.45) is 2.78. The van der Waals surface area contributed by atoms with Crippen molar-refractivity contribution < 1.29 is 20.1 Å². The first kappa shape index (κ1) is 11.6. The maximum absolute atomic E-state index is 10.9. The van der Waals surface area contributed by atoms with Gasteiger partial charge in [-0.2, -0.15) is 0 Å². The Morgan fingerprint density at radius 1 is 1.56 bits per heavy atom. The summed E-state index contributed by atoms with van der Waals surface area (Å²) in [5.74, 6) is -1.81. The summed E-state index contributed by atoms with van der Waals surface area (Å²) in [5, 5.41) is 16.6. The van der Waals surface area contributed by atoms with Crippen molar-refractivity contribution in [3.63, 3.8) is 0 Å². The van der Waals surface area contributed by atoms with Crippen molar-refractivity contribution in [1.29, 1.82) is 0 Å². The molecular formula is C9H11N4O3+. The van der Waals surface area contributed by atoms with Gasteiger partial charge in [0.25, 0.3) is 5.71 Å². The van der Waals surface area contributed by atoms with Gasteiger partial charge >= 0.3 is 11.9 Å². The molecule has 0 spiro atoms. The Morgan fingerprint density at radius 3 is 2.81 bits per heavy atom. The van der Waals surface area contributed by atoms with Crippen LogP contribution in [0.25, 0.3) is 0 Å². The van der Waals surface area contributed by atoms with E-state index in [-0.39, 0.29) is 17.8 Å². The minimum absolute atomic E-state index is 0.166. The van der Waals surface area contributed by atoms with E-state index < -0.39 is 11.9 Å².